The average molecular weight is 315 g/mol. The van der Waals surface area contributed by atoms with Crippen LogP contribution in [0.25, 0.3) is 0 Å². The van der Waals surface area contributed by atoms with Gasteiger partial charge < -0.3 is 10.2 Å². The van der Waals surface area contributed by atoms with Crippen molar-refractivity contribution < 1.29 is 4.79 Å². The van der Waals surface area contributed by atoms with E-state index >= 15 is 0 Å². The van der Waals surface area contributed by atoms with Crippen LogP contribution in [0.3, 0.4) is 0 Å². The molecule has 0 radical (unpaired) electrons. The topological polar surface area (TPSA) is 32.3 Å². The summed E-state index contributed by atoms with van der Waals surface area (Å²) in [5.41, 5.74) is 0.927. The van der Waals surface area contributed by atoms with Crippen molar-refractivity contribution in [2.24, 2.45) is 5.92 Å². The Morgan fingerprint density at radius 2 is 2.25 bits per heavy atom. The predicted molar refractivity (Wildman–Crippen MR) is 83.2 cm³/mol. The standard InChI is InChI=1S/C15H20Cl2N2O/c1-10(13-4-3-12(16)8-14(13)17)19(2)15(20)7-11-5-6-18-9-11/h3-4,8,10-11,18H,5-7,9H2,1-2H3/t10-,11+/m1/s1. The number of hydrogen-bond acceptors (Lipinski definition) is 2. The zero-order valence-corrected chi connectivity index (χ0v) is 13.3. The van der Waals surface area contributed by atoms with Crippen molar-refractivity contribution in [3.8, 4) is 0 Å². The van der Waals surface area contributed by atoms with Crippen LogP contribution < -0.4 is 5.32 Å². The summed E-state index contributed by atoms with van der Waals surface area (Å²) in [6.07, 6.45) is 1.68. The van der Waals surface area contributed by atoms with Crippen LogP contribution in [0.2, 0.25) is 10.0 Å². The number of rotatable bonds is 4. The summed E-state index contributed by atoms with van der Waals surface area (Å²) in [6, 6.07) is 5.35. The maximum absolute atomic E-state index is 12.3. The maximum atomic E-state index is 12.3. The molecule has 1 aromatic rings. The van der Waals surface area contributed by atoms with Crippen LogP contribution in [0.4, 0.5) is 0 Å². The van der Waals surface area contributed by atoms with Crippen LogP contribution in [0.5, 0.6) is 0 Å². The van der Waals surface area contributed by atoms with E-state index in [-0.39, 0.29) is 11.9 Å². The van der Waals surface area contributed by atoms with Gasteiger partial charge in [-0.15, -0.1) is 0 Å². The molecule has 2 rings (SSSR count). The van der Waals surface area contributed by atoms with Crippen LogP contribution >= 0.6 is 23.2 Å². The molecule has 0 bridgehead atoms. The van der Waals surface area contributed by atoms with Gasteiger partial charge in [-0.25, -0.2) is 0 Å². The van der Waals surface area contributed by atoms with E-state index in [1.807, 2.05) is 20.0 Å². The highest BCUT2D eigenvalue weighted by molar-refractivity contribution is 6.35. The third kappa shape index (κ3) is 3.66. The lowest BCUT2D eigenvalue weighted by Crippen LogP contribution is -2.31. The Kier molecular flexibility index (Phi) is 5.30. The fourth-order valence-corrected chi connectivity index (χ4v) is 3.11. The first-order chi connectivity index (χ1) is 9.49. The van der Waals surface area contributed by atoms with Crippen LogP contribution in [-0.2, 0) is 4.79 Å². The third-order valence-corrected chi connectivity index (χ3v) is 4.58. The molecule has 1 amide bonds. The second-order valence-corrected chi connectivity index (χ2v) is 6.25. The smallest absolute Gasteiger partial charge is 0.223 e. The zero-order valence-electron chi connectivity index (χ0n) is 11.8. The first-order valence-electron chi connectivity index (χ1n) is 6.90. The van der Waals surface area contributed by atoms with Gasteiger partial charge in [0.2, 0.25) is 5.91 Å². The molecule has 0 saturated carbocycles. The predicted octanol–water partition coefficient (Wildman–Crippen LogP) is 3.51. The SMILES string of the molecule is C[C@H](c1ccc(Cl)cc1Cl)N(C)C(=O)C[C@@H]1CCNC1. The molecule has 1 heterocycles. The molecule has 1 saturated heterocycles. The maximum Gasteiger partial charge on any atom is 0.223 e. The van der Waals surface area contributed by atoms with E-state index < -0.39 is 0 Å². The average Bonchev–Trinajstić information content (AvgIpc) is 2.90. The van der Waals surface area contributed by atoms with Crippen LogP contribution in [0.1, 0.15) is 31.4 Å². The van der Waals surface area contributed by atoms with Crippen molar-refractivity contribution >= 4 is 29.1 Å². The van der Waals surface area contributed by atoms with Gasteiger partial charge in [-0.2, -0.15) is 0 Å². The van der Waals surface area contributed by atoms with E-state index in [0.29, 0.717) is 22.4 Å². The lowest BCUT2D eigenvalue weighted by molar-refractivity contribution is -0.132. The minimum Gasteiger partial charge on any atom is -0.339 e. The van der Waals surface area contributed by atoms with Crippen molar-refractivity contribution in [3.05, 3.63) is 33.8 Å². The lowest BCUT2D eigenvalue weighted by atomic mass is 10.0. The Bertz CT molecular complexity index is 487. The van der Waals surface area contributed by atoms with Crippen molar-refractivity contribution in [3.63, 3.8) is 0 Å². The van der Waals surface area contributed by atoms with E-state index in [4.69, 9.17) is 23.2 Å². The fourth-order valence-electron chi connectivity index (χ4n) is 2.54. The molecule has 1 N–H and O–H groups in total. The van der Waals surface area contributed by atoms with Gasteiger partial charge in [0, 0.05) is 23.5 Å². The minimum atomic E-state index is -0.0540. The Morgan fingerprint density at radius 1 is 1.50 bits per heavy atom. The molecule has 1 fully saturated rings. The number of benzene rings is 1. The van der Waals surface area contributed by atoms with Crippen LogP contribution in [-0.4, -0.2) is 30.9 Å². The molecule has 1 aliphatic heterocycles. The number of amides is 1. The monoisotopic (exact) mass is 314 g/mol. The van der Waals surface area contributed by atoms with E-state index in [0.717, 1.165) is 25.1 Å². The fraction of sp³-hybridized carbons (Fsp3) is 0.533. The van der Waals surface area contributed by atoms with Crippen molar-refractivity contribution in [1.82, 2.24) is 10.2 Å². The molecule has 0 unspecified atom stereocenters. The van der Waals surface area contributed by atoms with Gasteiger partial charge in [0.05, 0.1) is 6.04 Å². The molecule has 20 heavy (non-hydrogen) atoms. The molecule has 1 aromatic carbocycles. The third-order valence-electron chi connectivity index (χ3n) is 4.01. The summed E-state index contributed by atoms with van der Waals surface area (Å²) in [5, 5.41) is 4.50. The van der Waals surface area contributed by atoms with E-state index in [9.17, 15) is 4.79 Å². The normalized spacial score (nSPS) is 19.9. The highest BCUT2D eigenvalue weighted by Crippen LogP contribution is 2.29. The number of nitrogens with one attached hydrogen (secondary N) is 1. The number of carbonyl (C=O) groups is 1. The summed E-state index contributed by atoms with van der Waals surface area (Å²) >= 11 is 12.1. The van der Waals surface area contributed by atoms with Crippen LogP contribution in [0.15, 0.2) is 18.2 Å². The van der Waals surface area contributed by atoms with Gasteiger partial charge in [0.15, 0.2) is 0 Å². The summed E-state index contributed by atoms with van der Waals surface area (Å²) in [4.78, 5) is 14.1. The zero-order chi connectivity index (χ0) is 14.7. The van der Waals surface area contributed by atoms with Gasteiger partial charge in [-0.1, -0.05) is 29.3 Å². The first-order valence-corrected chi connectivity index (χ1v) is 7.66. The van der Waals surface area contributed by atoms with E-state index in [1.165, 1.54) is 0 Å². The van der Waals surface area contributed by atoms with Crippen molar-refractivity contribution in [2.45, 2.75) is 25.8 Å². The quantitative estimate of drug-likeness (QED) is 0.922. The second-order valence-electron chi connectivity index (χ2n) is 5.41. The first kappa shape index (κ1) is 15.6. The van der Waals surface area contributed by atoms with Crippen LogP contribution in [0, 0.1) is 5.92 Å². The summed E-state index contributed by atoms with van der Waals surface area (Å²) in [7, 11) is 1.83. The summed E-state index contributed by atoms with van der Waals surface area (Å²) < 4.78 is 0. The molecule has 5 heteroatoms. The Hall–Kier alpha value is -0.770. The van der Waals surface area contributed by atoms with Crippen molar-refractivity contribution in [2.75, 3.05) is 20.1 Å². The Labute approximate surface area is 130 Å². The van der Waals surface area contributed by atoms with E-state index in [2.05, 4.69) is 5.32 Å². The Balaban J connectivity index is 2.03. The highest BCUT2D eigenvalue weighted by atomic mass is 35.5. The number of hydrogen-bond donors (Lipinski definition) is 1. The lowest BCUT2D eigenvalue weighted by Gasteiger charge is -2.27. The van der Waals surface area contributed by atoms with E-state index in [1.54, 1.807) is 17.0 Å². The van der Waals surface area contributed by atoms with Gasteiger partial charge in [-0.05, 0) is 50.0 Å². The number of nitrogens with zero attached hydrogens (tertiary/aromatic N) is 1. The Morgan fingerprint density at radius 3 is 2.85 bits per heavy atom. The molecule has 0 spiro atoms. The van der Waals surface area contributed by atoms with Gasteiger partial charge in [-0.3, -0.25) is 4.79 Å². The van der Waals surface area contributed by atoms with Crippen molar-refractivity contribution in [1.29, 1.82) is 0 Å². The number of carbonyl (C=O) groups excluding carboxylic acids is 1. The molecular weight excluding hydrogens is 295 g/mol. The number of halogens is 2. The molecule has 1 aliphatic rings. The summed E-state index contributed by atoms with van der Waals surface area (Å²) in [5.74, 6) is 0.620. The molecule has 0 aliphatic carbocycles. The molecule has 2 atom stereocenters. The minimum absolute atomic E-state index is 0.0540. The molecule has 3 nitrogen and oxygen atoms in total. The molecule has 110 valence electrons. The van der Waals surface area contributed by atoms with Gasteiger partial charge >= 0.3 is 0 Å². The largest absolute Gasteiger partial charge is 0.339 e. The van der Waals surface area contributed by atoms with Gasteiger partial charge in [0.1, 0.15) is 0 Å². The second kappa shape index (κ2) is 6.79. The molecular formula is C15H20Cl2N2O. The summed E-state index contributed by atoms with van der Waals surface area (Å²) in [6.45, 7) is 3.94. The van der Waals surface area contributed by atoms with Gasteiger partial charge in [0.25, 0.3) is 0 Å². The molecule has 0 aromatic heterocycles. The highest BCUT2D eigenvalue weighted by Gasteiger charge is 2.24.